The van der Waals surface area contributed by atoms with Gasteiger partial charge in [0.25, 0.3) is 5.91 Å². The largest absolute Gasteiger partial charge is 0.467 e. The van der Waals surface area contributed by atoms with Gasteiger partial charge in [0.15, 0.2) is 0 Å². The monoisotopic (exact) mass is 403 g/mol. The molecular formula is C18H18BrN3O3. The molecular weight excluding hydrogens is 386 g/mol. The number of aryl methyl sites for hydroxylation is 1. The maximum atomic E-state index is 12.2. The SMILES string of the molecule is Cc1nn(-c2ccc(C(=O)NCC(O)c3ccco3)cc2)c(C)c1Br. The van der Waals surface area contributed by atoms with Crippen LogP contribution in [0.3, 0.4) is 0 Å². The first-order valence-electron chi connectivity index (χ1n) is 7.79. The van der Waals surface area contributed by atoms with Crippen LogP contribution in [0.2, 0.25) is 0 Å². The van der Waals surface area contributed by atoms with Crippen LogP contribution < -0.4 is 5.32 Å². The first-order valence-corrected chi connectivity index (χ1v) is 8.58. The van der Waals surface area contributed by atoms with Crippen LogP contribution in [0.5, 0.6) is 0 Å². The van der Waals surface area contributed by atoms with Crippen LogP contribution in [0.1, 0.15) is 33.6 Å². The van der Waals surface area contributed by atoms with Crippen LogP contribution in [-0.4, -0.2) is 27.3 Å². The molecule has 0 saturated carbocycles. The van der Waals surface area contributed by atoms with Crippen LogP contribution in [0.15, 0.2) is 51.6 Å². The number of carbonyl (C=O) groups excluding carboxylic acids is 1. The van der Waals surface area contributed by atoms with Crippen molar-refractivity contribution in [2.75, 3.05) is 6.54 Å². The molecule has 1 unspecified atom stereocenters. The maximum absolute atomic E-state index is 12.2. The van der Waals surface area contributed by atoms with Crippen LogP contribution in [0.4, 0.5) is 0 Å². The number of furan rings is 1. The quantitative estimate of drug-likeness (QED) is 0.684. The third-order valence-corrected chi connectivity index (χ3v) is 5.05. The molecule has 2 N–H and O–H groups in total. The Balaban J connectivity index is 1.67. The van der Waals surface area contributed by atoms with Crippen molar-refractivity contribution in [2.45, 2.75) is 20.0 Å². The van der Waals surface area contributed by atoms with Crippen molar-refractivity contribution in [3.8, 4) is 5.69 Å². The van der Waals surface area contributed by atoms with E-state index in [-0.39, 0.29) is 12.5 Å². The number of halogens is 1. The lowest BCUT2D eigenvalue weighted by atomic mass is 10.2. The van der Waals surface area contributed by atoms with Gasteiger partial charge >= 0.3 is 0 Å². The number of aromatic nitrogens is 2. The highest BCUT2D eigenvalue weighted by Crippen LogP contribution is 2.23. The van der Waals surface area contributed by atoms with Crippen molar-refractivity contribution in [3.05, 3.63) is 69.8 Å². The molecule has 2 aromatic heterocycles. The number of amides is 1. The van der Waals surface area contributed by atoms with Crippen LogP contribution in [-0.2, 0) is 0 Å². The minimum absolute atomic E-state index is 0.0818. The average Bonchev–Trinajstić information content (AvgIpc) is 3.24. The highest BCUT2D eigenvalue weighted by Gasteiger charge is 2.14. The summed E-state index contributed by atoms with van der Waals surface area (Å²) >= 11 is 3.51. The molecule has 0 aliphatic heterocycles. The molecule has 0 aliphatic carbocycles. The molecule has 0 radical (unpaired) electrons. The van der Waals surface area contributed by atoms with E-state index in [0.29, 0.717) is 11.3 Å². The second-order valence-electron chi connectivity index (χ2n) is 5.68. The third-order valence-electron chi connectivity index (χ3n) is 3.90. The predicted molar refractivity (Wildman–Crippen MR) is 96.7 cm³/mol. The fourth-order valence-electron chi connectivity index (χ4n) is 2.50. The second kappa shape index (κ2) is 7.25. The Hall–Kier alpha value is -2.38. The lowest BCUT2D eigenvalue weighted by molar-refractivity contribution is 0.0901. The summed E-state index contributed by atoms with van der Waals surface area (Å²) in [5.74, 6) is 0.164. The van der Waals surface area contributed by atoms with Gasteiger partial charge in [0.05, 0.1) is 34.4 Å². The summed E-state index contributed by atoms with van der Waals surface area (Å²) in [6, 6.07) is 10.5. The Bertz CT molecular complexity index is 870. The summed E-state index contributed by atoms with van der Waals surface area (Å²) < 4.78 is 7.90. The number of nitrogens with one attached hydrogen (secondary N) is 1. The fraction of sp³-hybridized carbons (Fsp3) is 0.222. The number of rotatable bonds is 5. The summed E-state index contributed by atoms with van der Waals surface area (Å²) in [5.41, 5.74) is 3.29. The van der Waals surface area contributed by atoms with Crippen molar-refractivity contribution >= 4 is 21.8 Å². The zero-order valence-electron chi connectivity index (χ0n) is 13.9. The molecule has 0 spiro atoms. The minimum Gasteiger partial charge on any atom is -0.467 e. The number of hydrogen-bond acceptors (Lipinski definition) is 4. The summed E-state index contributed by atoms with van der Waals surface area (Å²) in [7, 11) is 0. The second-order valence-corrected chi connectivity index (χ2v) is 6.48. The molecule has 0 aliphatic rings. The van der Waals surface area contributed by atoms with Gasteiger partial charge in [-0.25, -0.2) is 4.68 Å². The molecule has 7 heteroatoms. The number of nitrogens with zero attached hydrogens (tertiary/aromatic N) is 2. The van der Waals surface area contributed by atoms with Crippen LogP contribution in [0, 0.1) is 13.8 Å². The van der Waals surface area contributed by atoms with Crippen molar-refractivity contribution in [3.63, 3.8) is 0 Å². The molecule has 0 saturated heterocycles. The van der Waals surface area contributed by atoms with E-state index < -0.39 is 6.10 Å². The minimum atomic E-state index is -0.870. The molecule has 6 nitrogen and oxygen atoms in total. The molecule has 1 amide bonds. The van der Waals surface area contributed by atoms with Crippen molar-refractivity contribution < 1.29 is 14.3 Å². The highest BCUT2D eigenvalue weighted by molar-refractivity contribution is 9.10. The number of aliphatic hydroxyl groups is 1. The molecule has 25 heavy (non-hydrogen) atoms. The smallest absolute Gasteiger partial charge is 0.251 e. The van der Waals surface area contributed by atoms with E-state index in [4.69, 9.17) is 4.42 Å². The molecule has 3 rings (SSSR count). The molecule has 0 fully saturated rings. The fourth-order valence-corrected chi connectivity index (χ4v) is 2.75. The van der Waals surface area contributed by atoms with E-state index >= 15 is 0 Å². The van der Waals surface area contributed by atoms with Gasteiger partial charge in [-0.2, -0.15) is 5.10 Å². The lowest BCUT2D eigenvalue weighted by Gasteiger charge is -2.10. The first kappa shape index (κ1) is 17.4. The summed E-state index contributed by atoms with van der Waals surface area (Å²) in [5, 5.41) is 17.1. The van der Waals surface area contributed by atoms with Crippen molar-refractivity contribution in [1.82, 2.24) is 15.1 Å². The maximum Gasteiger partial charge on any atom is 0.251 e. The van der Waals surface area contributed by atoms with Gasteiger partial charge in [-0.3, -0.25) is 4.79 Å². The van der Waals surface area contributed by atoms with Crippen molar-refractivity contribution in [1.29, 1.82) is 0 Å². The van der Waals surface area contributed by atoms with E-state index in [0.717, 1.165) is 21.5 Å². The molecule has 130 valence electrons. The average molecular weight is 404 g/mol. The van der Waals surface area contributed by atoms with Crippen LogP contribution in [0.25, 0.3) is 5.69 Å². The Morgan fingerprint density at radius 1 is 1.32 bits per heavy atom. The van der Waals surface area contributed by atoms with E-state index in [1.54, 1.807) is 24.3 Å². The zero-order chi connectivity index (χ0) is 18.0. The van der Waals surface area contributed by atoms with E-state index in [1.807, 2.05) is 30.7 Å². The molecule has 0 bridgehead atoms. The first-order chi connectivity index (χ1) is 12.0. The Morgan fingerprint density at radius 3 is 2.60 bits per heavy atom. The summed E-state index contributed by atoms with van der Waals surface area (Å²) in [4.78, 5) is 12.2. The highest BCUT2D eigenvalue weighted by atomic mass is 79.9. The standard InChI is InChI=1S/C18H18BrN3O3/c1-11-17(19)12(2)22(21-11)14-7-5-13(6-8-14)18(24)20-10-15(23)16-4-3-9-25-16/h3-9,15,23H,10H2,1-2H3,(H,20,24). The summed E-state index contributed by atoms with van der Waals surface area (Å²) in [6.07, 6.45) is 0.612. The number of hydrogen-bond donors (Lipinski definition) is 2. The van der Waals surface area contributed by atoms with Gasteiger partial charge in [0, 0.05) is 5.56 Å². The zero-order valence-corrected chi connectivity index (χ0v) is 15.4. The third kappa shape index (κ3) is 3.67. The number of carbonyl (C=O) groups is 1. The van der Waals surface area contributed by atoms with Crippen molar-refractivity contribution in [2.24, 2.45) is 0 Å². The van der Waals surface area contributed by atoms with Gasteiger partial charge in [0.2, 0.25) is 0 Å². The Morgan fingerprint density at radius 2 is 2.04 bits per heavy atom. The Labute approximate surface area is 153 Å². The summed E-state index contributed by atoms with van der Waals surface area (Å²) in [6.45, 7) is 3.99. The van der Waals surface area contributed by atoms with Gasteiger partial charge in [-0.05, 0) is 66.2 Å². The number of benzene rings is 1. The Kier molecular flexibility index (Phi) is 5.06. The van der Waals surface area contributed by atoms with Gasteiger partial charge in [-0.15, -0.1) is 0 Å². The predicted octanol–water partition coefficient (Wildman–Crippen LogP) is 3.31. The normalized spacial score (nSPS) is 12.2. The van der Waals surface area contributed by atoms with Gasteiger partial charge in [0.1, 0.15) is 11.9 Å². The molecule has 1 aromatic carbocycles. The van der Waals surface area contributed by atoms with E-state index in [1.165, 1.54) is 6.26 Å². The van der Waals surface area contributed by atoms with Crippen LogP contribution >= 0.6 is 15.9 Å². The van der Waals surface area contributed by atoms with Gasteiger partial charge < -0.3 is 14.8 Å². The van der Waals surface area contributed by atoms with Gasteiger partial charge in [-0.1, -0.05) is 0 Å². The molecule has 1 atom stereocenters. The topological polar surface area (TPSA) is 80.3 Å². The van der Waals surface area contributed by atoms with E-state index in [2.05, 4.69) is 26.3 Å². The molecule has 3 aromatic rings. The van der Waals surface area contributed by atoms with E-state index in [9.17, 15) is 9.90 Å². The number of aliphatic hydroxyl groups excluding tert-OH is 1. The molecule has 2 heterocycles. The lowest BCUT2D eigenvalue weighted by Crippen LogP contribution is -2.28.